The quantitative estimate of drug-likeness (QED) is 0.790. The Kier molecular flexibility index (Phi) is 3.09. The molecule has 0 bridgehead atoms. The molecule has 1 aliphatic rings. The summed E-state index contributed by atoms with van der Waals surface area (Å²) in [5.41, 5.74) is 1.93. The number of ether oxygens (including phenoxy) is 1. The lowest BCUT2D eigenvalue weighted by molar-refractivity contribution is 0.400. The van der Waals surface area contributed by atoms with E-state index in [1.54, 1.807) is 7.11 Å². The van der Waals surface area contributed by atoms with Crippen LogP contribution in [0.15, 0.2) is 6.33 Å². The molecule has 2 heterocycles. The molecule has 19 heavy (non-hydrogen) atoms. The van der Waals surface area contributed by atoms with Crippen LogP contribution in [-0.4, -0.2) is 26.6 Å². The van der Waals surface area contributed by atoms with Crippen LogP contribution in [-0.2, 0) is 12.4 Å². The van der Waals surface area contributed by atoms with Crippen LogP contribution < -0.4 is 4.74 Å². The zero-order chi connectivity index (χ0) is 13.5. The fourth-order valence-corrected chi connectivity index (χ4v) is 2.72. The molecule has 2 aromatic heterocycles. The van der Waals surface area contributed by atoms with Gasteiger partial charge in [0.25, 0.3) is 0 Å². The Morgan fingerprint density at radius 1 is 1.42 bits per heavy atom. The third kappa shape index (κ3) is 2.06. The van der Waals surface area contributed by atoms with E-state index in [0.29, 0.717) is 22.7 Å². The minimum absolute atomic E-state index is 0.374. The molecule has 3 rings (SSSR count). The van der Waals surface area contributed by atoms with Crippen LogP contribution in [0.1, 0.15) is 32.0 Å². The summed E-state index contributed by atoms with van der Waals surface area (Å²) in [4.78, 5) is 13.0. The number of alkyl halides is 1. The molecule has 0 N–H and O–H groups in total. The Balaban J connectivity index is 2.11. The number of fused-ring (bicyclic) bond motifs is 1. The number of nitrogens with zero attached hydrogens (tertiary/aromatic N) is 4. The van der Waals surface area contributed by atoms with Crippen LogP contribution in [0.5, 0.6) is 5.88 Å². The second-order valence-electron chi connectivity index (χ2n) is 5.16. The first-order valence-corrected chi connectivity index (χ1v) is 7.06. The molecule has 0 amide bonds. The maximum Gasteiger partial charge on any atom is 0.245 e. The van der Waals surface area contributed by atoms with Crippen LogP contribution in [0, 0.1) is 5.41 Å². The smallest absolute Gasteiger partial charge is 0.245 e. The van der Waals surface area contributed by atoms with E-state index >= 15 is 0 Å². The van der Waals surface area contributed by atoms with E-state index in [0.717, 1.165) is 18.0 Å². The molecule has 0 atom stereocenters. The zero-order valence-corrected chi connectivity index (χ0v) is 11.9. The molecule has 1 saturated carbocycles. The number of aromatic nitrogens is 4. The van der Waals surface area contributed by atoms with Gasteiger partial charge in [0.2, 0.25) is 5.88 Å². The predicted molar refractivity (Wildman–Crippen MR) is 73.4 cm³/mol. The average Bonchev–Trinajstić information content (AvgIpc) is 3.14. The molecule has 1 aliphatic carbocycles. The summed E-state index contributed by atoms with van der Waals surface area (Å²) < 4.78 is 7.37. The van der Waals surface area contributed by atoms with Crippen LogP contribution in [0.3, 0.4) is 0 Å². The third-order valence-electron chi connectivity index (χ3n) is 4.09. The van der Waals surface area contributed by atoms with Crippen molar-refractivity contribution in [2.45, 2.75) is 38.6 Å². The molecule has 0 unspecified atom stereocenters. The minimum atomic E-state index is 0.374. The molecule has 6 heteroatoms. The Labute approximate surface area is 117 Å². The highest BCUT2D eigenvalue weighted by Gasteiger charge is 2.41. The number of hydrogen-bond donors (Lipinski definition) is 0. The molecule has 2 aromatic rings. The zero-order valence-electron chi connectivity index (χ0n) is 11.2. The van der Waals surface area contributed by atoms with Gasteiger partial charge in [-0.3, -0.25) is 0 Å². The van der Waals surface area contributed by atoms with Gasteiger partial charge in [0.05, 0.1) is 13.0 Å². The molecule has 0 spiro atoms. The topological polar surface area (TPSA) is 52.8 Å². The normalized spacial score (nSPS) is 16.8. The first-order chi connectivity index (χ1) is 9.23. The van der Waals surface area contributed by atoms with Gasteiger partial charge in [-0.05, 0) is 24.7 Å². The minimum Gasteiger partial charge on any atom is -0.479 e. The van der Waals surface area contributed by atoms with Crippen molar-refractivity contribution in [1.82, 2.24) is 19.5 Å². The van der Waals surface area contributed by atoms with Gasteiger partial charge in [-0.25, -0.2) is 9.97 Å². The van der Waals surface area contributed by atoms with Gasteiger partial charge in [-0.2, -0.15) is 4.98 Å². The molecular weight excluding hydrogens is 264 g/mol. The molecule has 102 valence electrons. The van der Waals surface area contributed by atoms with Crippen molar-refractivity contribution in [3.05, 3.63) is 12.2 Å². The largest absolute Gasteiger partial charge is 0.479 e. The predicted octanol–water partition coefficient (Wildman–Crippen LogP) is 2.76. The molecule has 0 aliphatic heterocycles. The highest BCUT2D eigenvalue weighted by Crippen LogP contribution is 2.50. The van der Waals surface area contributed by atoms with Gasteiger partial charge >= 0.3 is 0 Å². The van der Waals surface area contributed by atoms with Gasteiger partial charge < -0.3 is 9.30 Å². The highest BCUT2D eigenvalue weighted by atomic mass is 35.5. The van der Waals surface area contributed by atoms with E-state index in [1.807, 2.05) is 0 Å². The van der Waals surface area contributed by atoms with Crippen LogP contribution in [0.4, 0.5) is 0 Å². The fourth-order valence-electron chi connectivity index (χ4n) is 2.51. The summed E-state index contributed by atoms with van der Waals surface area (Å²) in [7, 11) is 1.59. The maximum atomic E-state index is 6.02. The SMILES string of the molecule is CCC1(Cn2c(CCl)nc3c(OC)ncnc32)CC1. The first-order valence-electron chi connectivity index (χ1n) is 6.53. The molecule has 5 nitrogen and oxygen atoms in total. The van der Waals surface area contributed by atoms with Crippen molar-refractivity contribution in [3.63, 3.8) is 0 Å². The van der Waals surface area contributed by atoms with Gasteiger partial charge in [-0.1, -0.05) is 6.92 Å². The van der Waals surface area contributed by atoms with Crippen molar-refractivity contribution in [3.8, 4) is 5.88 Å². The fraction of sp³-hybridized carbons (Fsp3) is 0.615. The highest BCUT2D eigenvalue weighted by molar-refractivity contribution is 6.16. The van der Waals surface area contributed by atoms with Crippen molar-refractivity contribution in [2.24, 2.45) is 5.41 Å². The van der Waals surface area contributed by atoms with Gasteiger partial charge in [0.1, 0.15) is 12.2 Å². The number of methoxy groups -OCH3 is 1. The monoisotopic (exact) mass is 280 g/mol. The van der Waals surface area contributed by atoms with E-state index < -0.39 is 0 Å². The maximum absolute atomic E-state index is 6.02. The van der Waals surface area contributed by atoms with E-state index in [-0.39, 0.29) is 0 Å². The third-order valence-corrected chi connectivity index (χ3v) is 4.33. The van der Waals surface area contributed by atoms with Crippen LogP contribution >= 0.6 is 11.6 Å². The average molecular weight is 281 g/mol. The van der Waals surface area contributed by atoms with Crippen molar-refractivity contribution >= 4 is 22.8 Å². The second-order valence-corrected chi connectivity index (χ2v) is 5.42. The lowest BCUT2D eigenvalue weighted by Crippen LogP contribution is -2.13. The second kappa shape index (κ2) is 4.63. The summed E-state index contributed by atoms with van der Waals surface area (Å²) >= 11 is 6.02. The molecular formula is C13H17ClN4O. The van der Waals surface area contributed by atoms with Gasteiger partial charge in [0, 0.05) is 6.54 Å². The van der Waals surface area contributed by atoms with E-state index in [4.69, 9.17) is 16.3 Å². The Morgan fingerprint density at radius 2 is 2.21 bits per heavy atom. The number of hydrogen-bond acceptors (Lipinski definition) is 4. The summed E-state index contributed by atoms with van der Waals surface area (Å²) in [5.74, 6) is 1.73. The standard InChI is InChI=1S/C13H17ClN4O/c1-3-13(4-5-13)7-18-9(6-14)17-10-11(18)15-8-16-12(10)19-2/h8H,3-7H2,1-2H3. The summed E-state index contributed by atoms with van der Waals surface area (Å²) in [6, 6.07) is 0. The summed E-state index contributed by atoms with van der Waals surface area (Å²) in [6.07, 6.45) is 5.24. The van der Waals surface area contributed by atoms with Crippen molar-refractivity contribution in [1.29, 1.82) is 0 Å². The Hall–Kier alpha value is -1.36. The lowest BCUT2D eigenvalue weighted by Gasteiger charge is -2.15. The van der Waals surface area contributed by atoms with Gasteiger partial charge in [0.15, 0.2) is 11.2 Å². The van der Waals surface area contributed by atoms with Crippen LogP contribution in [0.25, 0.3) is 11.2 Å². The Morgan fingerprint density at radius 3 is 2.79 bits per heavy atom. The number of imidazole rings is 1. The molecule has 0 aromatic carbocycles. The van der Waals surface area contributed by atoms with E-state index in [1.165, 1.54) is 25.6 Å². The lowest BCUT2D eigenvalue weighted by atomic mass is 10.0. The van der Waals surface area contributed by atoms with Crippen molar-refractivity contribution < 1.29 is 4.74 Å². The number of halogens is 1. The molecule has 0 saturated heterocycles. The molecule has 1 fully saturated rings. The van der Waals surface area contributed by atoms with Gasteiger partial charge in [-0.15, -0.1) is 11.6 Å². The summed E-state index contributed by atoms with van der Waals surface area (Å²) in [5, 5.41) is 0. The van der Waals surface area contributed by atoms with Crippen LogP contribution in [0.2, 0.25) is 0 Å². The van der Waals surface area contributed by atoms with E-state index in [2.05, 4.69) is 26.4 Å². The number of rotatable bonds is 5. The summed E-state index contributed by atoms with van der Waals surface area (Å²) in [6.45, 7) is 3.17. The van der Waals surface area contributed by atoms with E-state index in [9.17, 15) is 0 Å². The van der Waals surface area contributed by atoms with Crippen molar-refractivity contribution in [2.75, 3.05) is 7.11 Å². The Bertz CT molecular complexity index is 606. The molecule has 0 radical (unpaired) electrons. The first kappa shape index (κ1) is 12.7.